The van der Waals surface area contributed by atoms with Gasteiger partial charge in [-0.25, -0.2) is 0 Å². The highest BCUT2D eigenvalue weighted by Crippen LogP contribution is 2.24. The van der Waals surface area contributed by atoms with Gasteiger partial charge >= 0.3 is 0 Å². The fraction of sp³-hybridized carbons (Fsp3) is 0.148. The molecule has 0 saturated carbocycles. The van der Waals surface area contributed by atoms with Gasteiger partial charge in [0, 0.05) is 49.7 Å². The number of aromatic nitrogens is 5. The van der Waals surface area contributed by atoms with Crippen molar-refractivity contribution in [3.63, 3.8) is 0 Å². The number of hydrogen-bond donors (Lipinski definition) is 1. The minimum Gasteiger partial charge on any atom is -0.352 e. The highest BCUT2D eigenvalue weighted by atomic mass is 16.5. The molecule has 1 N–H and O–H groups in total. The lowest BCUT2D eigenvalue weighted by atomic mass is 9.98. The second-order valence-corrected chi connectivity index (χ2v) is 8.08. The Labute approximate surface area is 202 Å². The highest BCUT2D eigenvalue weighted by molar-refractivity contribution is 5.76. The van der Waals surface area contributed by atoms with Crippen LogP contribution in [0.4, 0.5) is 0 Å². The zero-order chi connectivity index (χ0) is 23.9. The van der Waals surface area contributed by atoms with E-state index in [2.05, 4.69) is 55.9 Å². The molecule has 0 aliphatic rings. The fourth-order valence-electron chi connectivity index (χ4n) is 3.80. The highest BCUT2D eigenvalue weighted by Gasteiger charge is 2.12. The molecule has 35 heavy (non-hydrogen) atoms. The molecule has 5 rings (SSSR count). The quantitative estimate of drug-likeness (QED) is 0.349. The van der Waals surface area contributed by atoms with E-state index in [4.69, 9.17) is 4.52 Å². The van der Waals surface area contributed by atoms with Gasteiger partial charge in [0.1, 0.15) is 0 Å². The minimum absolute atomic E-state index is 0.0713. The van der Waals surface area contributed by atoms with Gasteiger partial charge in [0.2, 0.25) is 17.6 Å². The molecule has 8 heteroatoms. The molecule has 0 unspecified atom stereocenters. The second-order valence-electron chi connectivity index (χ2n) is 8.08. The van der Waals surface area contributed by atoms with Crippen LogP contribution in [0.15, 0.2) is 96.0 Å². The summed E-state index contributed by atoms with van der Waals surface area (Å²) in [7, 11) is 0. The van der Waals surface area contributed by atoms with Crippen molar-refractivity contribution in [1.29, 1.82) is 0 Å². The third-order valence-electron chi connectivity index (χ3n) is 5.63. The van der Waals surface area contributed by atoms with Crippen molar-refractivity contribution in [3.8, 4) is 22.5 Å². The molecule has 1 amide bonds. The standard InChI is InChI=1S/C27H24N6O2/c34-25(10-11-26-31-27(32-35-26)22-12-15-28-16-13-22)29-18-23-4-1-2-5-24(23)21-8-6-20(7-9-21)19-33-17-3-14-30-33/h1-9,12-17H,10-11,18-19H2,(H,29,34). The summed E-state index contributed by atoms with van der Waals surface area (Å²) in [5, 5.41) is 11.2. The predicted octanol–water partition coefficient (Wildman–Crippen LogP) is 4.29. The summed E-state index contributed by atoms with van der Waals surface area (Å²) in [5.41, 5.74) is 5.26. The van der Waals surface area contributed by atoms with Crippen LogP contribution in [0, 0.1) is 0 Å². The maximum absolute atomic E-state index is 12.5. The van der Waals surface area contributed by atoms with E-state index >= 15 is 0 Å². The topological polar surface area (TPSA) is 98.7 Å². The smallest absolute Gasteiger partial charge is 0.227 e. The van der Waals surface area contributed by atoms with Gasteiger partial charge in [-0.3, -0.25) is 14.5 Å². The van der Waals surface area contributed by atoms with Crippen molar-refractivity contribution < 1.29 is 9.32 Å². The Morgan fingerprint density at radius 1 is 0.914 bits per heavy atom. The summed E-state index contributed by atoms with van der Waals surface area (Å²) in [5.74, 6) is 0.855. The first-order valence-electron chi connectivity index (χ1n) is 11.4. The van der Waals surface area contributed by atoms with Crippen LogP contribution in [0.2, 0.25) is 0 Å². The van der Waals surface area contributed by atoms with E-state index in [0.29, 0.717) is 24.7 Å². The van der Waals surface area contributed by atoms with E-state index in [1.807, 2.05) is 47.3 Å². The average molecular weight is 465 g/mol. The molecule has 0 aliphatic carbocycles. The van der Waals surface area contributed by atoms with Crippen molar-refractivity contribution in [3.05, 3.63) is 109 Å². The van der Waals surface area contributed by atoms with Gasteiger partial charge in [0.25, 0.3) is 0 Å². The lowest BCUT2D eigenvalue weighted by Crippen LogP contribution is -2.23. The SMILES string of the molecule is O=C(CCc1nc(-c2ccncc2)no1)NCc1ccccc1-c1ccc(Cn2cccn2)cc1. The first-order valence-corrected chi connectivity index (χ1v) is 11.4. The van der Waals surface area contributed by atoms with Crippen LogP contribution in [0.1, 0.15) is 23.4 Å². The molecule has 0 aliphatic heterocycles. The Morgan fingerprint density at radius 3 is 2.54 bits per heavy atom. The van der Waals surface area contributed by atoms with Gasteiger partial charge in [-0.2, -0.15) is 10.1 Å². The number of nitrogens with one attached hydrogen (secondary N) is 1. The molecular formula is C27H24N6O2. The fourth-order valence-corrected chi connectivity index (χ4v) is 3.80. The summed E-state index contributed by atoms with van der Waals surface area (Å²) in [4.78, 5) is 20.8. The molecule has 3 aromatic heterocycles. The van der Waals surface area contributed by atoms with E-state index in [1.165, 1.54) is 5.56 Å². The van der Waals surface area contributed by atoms with E-state index < -0.39 is 0 Å². The van der Waals surface area contributed by atoms with Gasteiger partial charge in [-0.1, -0.05) is 53.7 Å². The maximum Gasteiger partial charge on any atom is 0.227 e. The molecule has 8 nitrogen and oxygen atoms in total. The van der Waals surface area contributed by atoms with Crippen LogP contribution >= 0.6 is 0 Å². The first-order chi connectivity index (χ1) is 17.2. The van der Waals surface area contributed by atoms with Gasteiger partial charge in [0.15, 0.2) is 0 Å². The van der Waals surface area contributed by atoms with E-state index in [-0.39, 0.29) is 12.3 Å². The van der Waals surface area contributed by atoms with Crippen LogP contribution in [0.25, 0.3) is 22.5 Å². The molecule has 174 valence electrons. The molecule has 0 fully saturated rings. The Kier molecular flexibility index (Phi) is 6.70. The monoisotopic (exact) mass is 464 g/mol. The number of aryl methyl sites for hydroxylation is 1. The molecule has 0 radical (unpaired) electrons. The van der Waals surface area contributed by atoms with Crippen LogP contribution in [0.3, 0.4) is 0 Å². The summed E-state index contributed by atoms with van der Waals surface area (Å²) >= 11 is 0. The average Bonchev–Trinajstić information content (AvgIpc) is 3.60. The van der Waals surface area contributed by atoms with Crippen LogP contribution < -0.4 is 5.32 Å². The van der Waals surface area contributed by atoms with Crippen molar-refractivity contribution in [2.24, 2.45) is 0 Å². The van der Waals surface area contributed by atoms with E-state index in [1.54, 1.807) is 18.6 Å². The molecule has 0 saturated heterocycles. The van der Waals surface area contributed by atoms with E-state index in [0.717, 1.165) is 28.8 Å². The molecule has 5 aromatic rings. The van der Waals surface area contributed by atoms with E-state index in [9.17, 15) is 4.79 Å². The Balaban J connectivity index is 1.17. The predicted molar refractivity (Wildman–Crippen MR) is 131 cm³/mol. The number of hydrogen-bond acceptors (Lipinski definition) is 6. The third kappa shape index (κ3) is 5.67. The zero-order valence-electron chi connectivity index (χ0n) is 19.0. The molecule has 3 heterocycles. The second kappa shape index (κ2) is 10.6. The lowest BCUT2D eigenvalue weighted by Gasteiger charge is -2.12. The van der Waals surface area contributed by atoms with Crippen molar-refractivity contribution in [1.82, 2.24) is 30.2 Å². The minimum atomic E-state index is -0.0713. The molecule has 0 bridgehead atoms. The normalized spacial score (nSPS) is 10.9. The number of benzene rings is 2. The summed E-state index contributed by atoms with van der Waals surface area (Å²) in [6, 6.07) is 22.1. The number of rotatable bonds is 9. The molecule has 2 aromatic carbocycles. The van der Waals surface area contributed by atoms with Gasteiger partial charge in [0.05, 0.1) is 6.54 Å². The summed E-state index contributed by atoms with van der Waals surface area (Å²) in [6.45, 7) is 1.17. The van der Waals surface area contributed by atoms with Crippen molar-refractivity contribution in [2.45, 2.75) is 25.9 Å². The van der Waals surface area contributed by atoms with Gasteiger partial charge < -0.3 is 9.84 Å². The largest absolute Gasteiger partial charge is 0.352 e. The summed E-state index contributed by atoms with van der Waals surface area (Å²) in [6.07, 6.45) is 7.72. The van der Waals surface area contributed by atoms with Crippen molar-refractivity contribution >= 4 is 5.91 Å². The summed E-state index contributed by atoms with van der Waals surface area (Å²) < 4.78 is 7.18. The van der Waals surface area contributed by atoms with Crippen LogP contribution in [-0.2, 0) is 24.3 Å². The number of carbonyl (C=O) groups excluding carboxylic acids is 1. The lowest BCUT2D eigenvalue weighted by molar-refractivity contribution is -0.121. The number of nitrogens with zero attached hydrogens (tertiary/aromatic N) is 5. The van der Waals surface area contributed by atoms with Crippen LogP contribution in [-0.4, -0.2) is 30.8 Å². The van der Waals surface area contributed by atoms with Crippen molar-refractivity contribution in [2.75, 3.05) is 0 Å². The first kappa shape index (κ1) is 22.2. The van der Waals surface area contributed by atoms with Gasteiger partial charge in [-0.05, 0) is 40.5 Å². The zero-order valence-corrected chi connectivity index (χ0v) is 19.0. The Morgan fingerprint density at radius 2 is 1.74 bits per heavy atom. The molecule has 0 atom stereocenters. The number of carbonyl (C=O) groups is 1. The Hall–Kier alpha value is -4.59. The number of pyridine rings is 1. The molecular weight excluding hydrogens is 440 g/mol. The molecule has 0 spiro atoms. The third-order valence-corrected chi connectivity index (χ3v) is 5.63. The number of amides is 1. The van der Waals surface area contributed by atoms with Crippen LogP contribution in [0.5, 0.6) is 0 Å². The Bertz CT molecular complexity index is 1380. The maximum atomic E-state index is 12.5. The van der Waals surface area contributed by atoms with Gasteiger partial charge in [-0.15, -0.1) is 0 Å².